The van der Waals surface area contributed by atoms with E-state index < -0.39 is 6.04 Å². The maximum atomic E-state index is 13.4. The van der Waals surface area contributed by atoms with E-state index in [2.05, 4.69) is 20.7 Å². The summed E-state index contributed by atoms with van der Waals surface area (Å²) >= 11 is 12.5. The first-order chi connectivity index (χ1) is 17.0. The Morgan fingerprint density at radius 2 is 1.74 bits per heavy atom. The zero-order chi connectivity index (χ0) is 24.4. The number of ether oxygens (including phenoxy) is 1. The van der Waals surface area contributed by atoms with Gasteiger partial charge in [-0.25, -0.2) is 4.68 Å². The topological polar surface area (TPSA) is 81.1 Å². The van der Waals surface area contributed by atoms with E-state index in [0.717, 1.165) is 11.1 Å². The molecule has 3 aromatic carbocycles. The molecule has 0 saturated carbocycles. The number of amides is 1. The number of carbonyl (C=O) groups excluding carboxylic acids is 1. The third-order valence-corrected chi connectivity index (χ3v) is 6.42. The van der Waals surface area contributed by atoms with Gasteiger partial charge in [0.1, 0.15) is 24.7 Å². The van der Waals surface area contributed by atoms with Crippen LogP contribution >= 0.6 is 23.2 Å². The van der Waals surface area contributed by atoms with Crippen molar-refractivity contribution in [2.24, 2.45) is 0 Å². The van der Waals surface area contributed by atoms with Crippen molar-refractivity contribution in [3.05, 3.63) is 112 Å². The van der Waals surface area contributed by atoms with Crippen LogP contribution in [0.15, 0.2) is 90.4 Å². The summed E-state index contributed by atoms with van der Waals surface area (Å²) in [5, 5.41) is 11.6. The Hall–Kier alpha value is -3.81. The lowest BCUT2D eigenvalue weighted by Crippen LogP contribution is -2.31. The number of nitrogens with one attached hydrogen (secondary N) is 2. The SMILES string of the molecule is CC1=C(C(=O)Nc2ccccc2)[C@H](c2ccc(OCc3c(Cl)cccc3Cl)cc2)n2ncnc2N1. The Bertz CT molecular complexity index is 1380. The Morgan fingerprint density at radius 3 is 2.46 bits per heavy atom. The van der Waals surface area contributed by atoms with E-state index in [0.29, 0.717) is 38.7 Å². The van der Waals surface area contributed by atoms with Gasteiger partial charge in [-0.05, 0) is 48.9 Å². The number of halogens is 2. The van der Waals surface area contributed by atoms with Crippen molar-refractivity contribution >= 4 is 40.7 Å². The van der Waals surface area contributed by atoms with Crippen LogP contribution in [-0.4, -0.2) is 20.7 Å². The number of hydrogen-bond donors (Lipinski definition) is 2. The largest absolute Gasteiger partial charge is 0.489 e. The van der Waals surface area contributed by atoms with Crippen LogP contribution in [0.5, 0.6) is 5.75 Å². The van der Waals surface area contributed by atoms with E-state index in [9.17, 15) is 4.79 Å². The van der Waals surface area contributed by atoms with Crippen LogP contribution in [0.2, 0.25) is 10.0 Å². The van der Waals surface area contributed by atoms with Crippen molar-refractivity contribution in [1.29, 1.82) is 0 Å². The highest BCUT2D eigenvalue weighted by molar-refractivity contribution is 6.35. The molecule has 4 aromatic rings. The van der Waals surface area contributed by atoms with Gasteiger partial charge in [0.15, 0.2) is 0 Å². The summed E-state index contributed by atoms with van der Waals surface area (Å²) in [6.07, 6.45) is 1.46. The lowest BCUT2D eigenvalue weighted by atomic mass is 9.95. The number of anilines is 2. The second-order valence-corrected chi connectivity index (χ2v) is 8.79. The van der Waals surface area contributed by atoms with E-state index in [1.165, 1.54) is 6.33 Å². The van der Waals surface area contributed by atoms with Gasteiger partial charge in [-0.3, -0.25) is 4.79 Å². The van der Waals surface area contributed by atoms with Gasteiger partial charge in [-0.2, -0.15) is 10.1 Å². The van der Waals surface area contributed by atoms with E-state index >= 15 is 0 Å². The highest BCUT2D eigenvalue weighted by Crippen LogP contribution is 2.36. The Labute approximate surface area is 212 Å². The van der Waals surface area contributed by atoms with E-state index in [1.807, 2.05) is 61.5 Å². The number of fused-ring (bicyclic) bond motifs is 1. The first-order valence-corrected chi connectivity index (χ1v) is 11.7. The predicted molar refractivity (Wildman–Crippen MR) is 137 cm³/mol. The minimum absolute atomic E-state index is 0.221. The summed E-state index contributed by atoms with van der Waals surface area (Å²) in [4.78, 5) is 17.6. The predicted octanol–water partition coefficient (Wildman–Crippen LogP) is 6.09. The lowest BCUT2D eigenvalue weighted by molar-refractivity contribution is -0.113. The van der Waals surface area contributed by atoms with Gasteiger partial charge in [0.2, 0.25) is 5.95 Å². The number of carbonyl (C=O) groups is 1. The van der Waals surface area contributed by atoms with E-state index in [-0.39, 0.29) is 12.5 Å². The fourth-order valence-corrected chi connectivity index (χ4v) is 4.49. The van der Waals surface area contributed by atoms with Gasteiger partial charge in [0.05, 0.1) is 5.57 Å². The minimum Gasteiger partial charge on any atom is -0.489 e. The number of allylic oxidation sites excluding steroid dienone is 1. The van der Waals surface area contributed by atoms with Crippen LogP contribution in [-0.2, 0) is 11.4 Å². The molecule has 1 atom stereocenters. The number of aromatic nitrogens is 3. The van der Waals surface area contributed by atoms with Gasteiger partial charge in [0.25, 0.3) is 5.91 Å². The van der Waals surface area contributed by atoms with Crippen molar-refractivity contribution in [1.82, 2.24) is 14.8 Å². The minimum atomic E-state index is -0.468. The molecule has 1 aliphatic heterocycles. The molecule has 0 saturated heterocycles. The standard InChI is InChI=1S/C26H21Cl2N5O2/c1-16-23(25(34)32-18-6-3-2-4-7-18)24(33-26(31-16)29-15-30-33)17-10-12-19(13-11-17)35-14-20-21(27)8-5-9-22(20)28/h2-13,15,24H,14H2,1H3,(H,32,34)(H,29,30,31)/t24-/m0/s1. The zero-order valence-corrected chi connectivity index (χ0v) is 20.2. The van der Waals surface area contributed by atoms with Crippen LogP contribution in [0.3, 0.4) is 0 Å². The summed E-state index contributed by atoms with van der Waals surface area (Å²) in [6, 6.07) is 21.7. The molecule has 35 heavy (non-hydrogen) atoms. The molecule has 1 aromatic heterocycles. The smallest absolute Gasteiger partial charge is 0.255 e. The van der Waals surface area contributed by atoms with Gasteiger partial charge >= 0.3 is 0 Å². The van der Waals surface area contributed by atoms with Gasteiger partial charge in [-0.1, -0.05) is 59.6 Å². The summed E-state index contributed by atoms with van der Waals surface area (Å²) in [5.41, 5.74) is 3.55. The van der Waals surface area contributed by atoms with Crippen molar-refractivity contribution in [3.8, 4) is 5.75 Å². The van der Waals surface area contributed by atoms with Crippen LogP contribution in [0.25, 0.3) is 0 Å². The molecule has 0 unspecified atom stereocenters. The molecule has 176 valence electrons. The van der Waals surface area contributed by atoms with Crippen LogP contribution in [0, 0.1) is 0 Å². The van der Waals surface area contributed by atoms with Gasteiger partial charge in [-0.15, -0.1) is 0 Å². The van der Waals surface area contributed by atoms with Crippen LogP contribution in [0.1, 0.15) is 24.1 Å². The Morgan fingerprint density at radius 1 is 1.03 bits per heavy atom. The van der Waals surface area contributed by atoms with Gasteiger partial charge in [0, 0.05) is 27.0 Å². The zero-order valence-electron chi connectivity index (χ0n) is 18.7. The highest BCUT2D eigenvalue weighted by Gasteiger charge is 2.33. The van der Waals surface area contributed by atoms with Crippen LogP contribution < -0.4 is 15.4 Å². The first-order valence-electron chi connectivity index (χ1n) is 10.9. The highest BCUT2D eigenvalue weighted by atomic mass is 35.5. The van der Waals surface area contributed by atoms with Gasteiger partial charge < -0.3 is 15.4 Å². The van der Waals surface area contributed by atoms with E-state index in [4.69, 9.17) is 27.9 Å². The molecule has 0 aliphatic carbocycles. The number of benzene rings is 3. The maximum absolute atomic E-state index is 13.4. The fourth-order valence-electron chi connectivity index (χ4n) is 3.99. The molecule has 0 radical (unpaired) electrons. The summed E-state index contributed by atoms with van der Waals surface area (Å²) < 4.78 is 7.62. The number of nitrogens with zero attached hydrogens (tertiary/aromatic N) is 3. The second kappa shape index (κ2) is 9.82. The summed E-state index contributed by atoms with van der Waals surface area (Å²) in [5.74, 6) is 0.993. The summed E-state index contributed by atoms with van der Waals surface area (Å²) in [6.45, 7) is 2.10. The Balaban J connectivity index is 1.42. The molecule has 1 amide bonds. The monoisotopic (exact) mass is 505 g/mol. The molecule has 2 heterocycles. The molecular formula is C26H21Cl2N5O2. The normalized spacial score (nSPS) is 14.8. The Kier molecular flexibility index (Phi) is 6.44. The van der Waals surface area contributed by atoms with Crippen molar-refractivity contribution < 1.29 is 9.53 Å². The van der Waals surface area contributed by atoms with Crippen molar-refractivity contribution in [3.63, 3.8) is 0 Å². The average Bonchev–Trinajstić information content (AvgIpc) is 3.32. The molecule has 1 aliphatic rings. The lowest BCUT2D eigenvalue weighted by Gasteiger charge is -2.28. The van der Waals surface area contributed by atoms with Crippen LogP contribution in [0.4, 0.5) is 11.6 Å². The molecule has 0 bridgehead atoms. The number of rotatable bonds is 6. The first kappa shape index (κ1) is 23.0. The van der Waals surface area contributed by atoms with Crippen molar-refractivity contribution in [2.75, 3.05) is 10.6 Å². The third kappa shape index (κ3) is 4.73. The second-order valence-electron chi connectivity index (χ2n) is 7.97. The average molecular weight is 506 g/mol. The number of hydrogen-bond acceptors (Lipinski definition) is 5. The molecular weight excluding hydrogens is 485 g/mol. The molecule has 0 fully saturated rings. The summed E-state index contributed by atoms with van der Waals surface area (Å²) in [7, 11) is 0. The third-order valence-electron chi connectivity index (χ3n) is 5.71. The molecule has 7 nitrogen and oxygen atoms in total. The molecule has 5 rings (SSSR count). The van der Waals surface area contributed by atoms with Crippen molar-refractivity contribution in [2.45, 2.75) is 19.6 Å². The fraction of sp³-hybridized carbons (Fsp3) is 0.115. The molecule has 2 N–H and O–H groups in total. The maximum Gasteiger partial charge on any atom is 0.255 e. The number of para-hydroxylation sites is 1. The molecule has 0 spiro atoms. The quantitative estimate of drug-likeness (QED) is 0.331. The molecule has 9 heteroatoms. The van der Waals surface area contributed by atoms with E-state index in [1.54, 1.807) is 22.9 Å².